The van der Waals surface area contributed by atoms with Crippen molar-refractivity contribution in [2.75, 3.05) is 19.8 Å². The third kappa shape index (κ3) is 36.1. The van der Waals surface area contributed by atoms with Crippen molar-refractivity contribution in [3.05, 3.63) is 36.5 Å². The molecule has 0 aromatic rings. The molecule has 0 aromatic carbocycles. The fourth-order valence-corrected chi connectivity index (χ4v) is 11.0. The van der Waals surface area contributed by atoms with Crippen LogP contribution in [0.4, 0.5) is 0 Å². The Morgan fingerprint density at radius 3 is 1.25 bits per heavy atom. The number of aliphatic hydroxyl groups excluding tert-OH is 8. The van der Waals surface area contributed by atoms with Crippen LogP contribution in [0.1, 0.15) is 284 Å². The van der Waals surface area contributed by atoms with Crippen LogP contribution < -0.4 is 5.32 Å². The second kappa shape index (κ2) is 51.6. The molecular formula is C66H123NO13. The number of ether oxygens (including phenoxy) is 4. The molecule has 2 heterocycles. The molecule has 14 nitrogen and oxygen atoms in total. The van der Waals surface area contributed by atoms with Crippen molar-refractivity contribution in [2.24, 2.45) is 0 Å². The predicted molar refractivity (Wildman–Crippen MR) is 323 cm³/mol. The van der Waals surface area contributed by atoms with E-state index >= 15 is 0 Å². The Kier molecular flexibility index (Phi) is 47.9. The third-order valence-corrected chi connectivity index (χ3v) is 16.3. The monoisotopic (exact) mass is 1140 g/mol. The van der Waals surface area contributed by atoms with E-state index in [1.165, 1.54) is 212 Å². The minimum atomic E-state index is -1.79. The van der Waals surface area contributed by atoms with Gasteiger partial charge >= 0.3 is 0 Å². The van der Waals surface area contributed by atoms with E-state index in [2.05, 4.69) is 43.5 Å². The van der Waals surface area contributed by atoms with Crippen LogP contribution in [0.3, 0.4) is 0 Å². The van der Waals surface area contributed by atoms with Gasteiger partial charge in [-0.2, -0.15) is 0 Å². The average molecular weight is 1140 g/mol. The molecule has 0 spiro atoms. The zero-order chi connectivity index (χ0) is 58.1. The number of carbonyl (C=O) groups excluding carboxylic acids is 1. The first-order valence-electron chi connectivity index (χ1n) is 33.2. The molecule has 0 aliphatic carbocycles. The molecule has 470 valence electrons. The lowest BCUT2D eigenvalue weighted by Crippen LogP contribution is -2.65. The van der Waals surface area contributed by atoms with Crippen molar-refractivity contribution in [3.8, 4) is 0 Å². The fourth-order valence-electron chi connectivity index (χ4n) is 11.0. The maximum absolute atomic E-state index is 13.3. The van der Waals surface area contributed by atoms with E-state index in [-0.39, 0.29) is 18.9 Å². The topological polar surface area (TPSA) is 228 Å². The highest BCUT2D eigenvalue weighted by Crippen LogP contribution is 2.30. The molecule has 0 saturated carbocycles. The summed E-state index contributed by atoms with van der Waals surface area (Å²) in [4.78, 5) is 13.3. The van der Waals surface area contributed by atoms with Crippen LogP contribution in [0.25, 0.3) is 0 Å². The quantitative estimate of drug-likeness (QED) is 0.0204. The summed E-state index contributed by atoms with van der Waals surface area (Å²) in [5.41, 5.74) is 0. The zero-order valence-electron chi connectivity index (χ0n) is 50.8. The predicted octanol–water partition coefficient (Wildman–Crippen LogP) is 12.6. The van der Waals surface area contributed by atoms with E-state index in [1.54, 1.807) is 6.08 Å². The number of rotatable bonds is 54. The van der Waals surface area contributed by atoms with Crippen molar-refractivity contribution >= 4 is 5.91 Å². The number of aliphatic hydroxyl groups is 8. The summed E-state index contributed by atoms with van der Waals surface area (Å²) >= 11 is 0. The van der Waals surface area contributed by atoms with Crippen LogP contribution in [-0.2, 0) is 23.7 Å². The van der Waals surface area contributed by atoms with Crippen LogP contribution in [0.15, 0.2) is 36.5 Å². The Balaban J connectivity index is 1.57. The van der Waals surface area contributed by atoms with Crippen LogP contribution in [0.5, 0.6) is 0 Å². The SMILES string of the molecule is CCCCCCC/C=C\C/C=C\CCCCCCCCCCCCCCCCCCCCCCCCCC(=O)NC(COC1OC(CO)C(OC2OC(CO)C(O)C(O)C2O)C(O)C1O)C(O)/C=C/CCCCCCCCCCC. The summed E-state index contributed by atoms with van der Waals surface area (Å²) < 4.78 is 22.8. The highest BCUT2D eigenvalue weighted by atomic mass is 16.7. The Morgan fingerprint density at radius 2 is 0.825 bits per heavy atom. The summed E-state index contributed by atoms with van der Waals surface area (Å²) in [6.07, 6.45) is 48.0. The largest absolute Gasteiger partial charge is 0.394 e. The molecule has 2 fully saturated rings. The van der Waals surface area contributed by atoms with Crippen LogP contribution in [-0.4, -0.2) is 140 Å². The van der Waals surface area contributed by atoms with E-state index in [9.17, 15) is 45.6 Å². The Bertz CT molecular complexity index is 1480. The summed E-state index contributed by atoms with van der Waals surface area (Å²) in [6.45, 7) is 2.79. The standard InChI is InChI=1S/C66H123NO13/c1-3-5-7-9-11-13-15-16-17-18-19-20-21-22-23-24-25-26-27-28-29-30-31-32-33-34-35-36-37-38-40-42-44-46-48-50-58(71)67-54(55(70)49-47-45-43-41-39-14-12-10-8-6-4-2)53-77-65-63(76)61(74)64(57(52-69)79-65)80-66-62(75)60(73)59(72)56(51-68)78-66/h15-16,18-19,47,49,54-57,59-66,68-70,72-76H,3-14,17,20-46,48,50-53H2,1-2H3,(H,67,71)/b16-15-,19-18-,49-47+. The van der Waals surface area contributed by atoms with Gasteiger partial charge < -0.3 is 65.1 Å². The minimum absolute atomic E-state index is 0.236. The van der Waals surface area contributed by atoms with Crippen LogP contribution in [0, 0.1) is 0 Å². The van der Waals surface area contributed by atoms with E-state index in [4.69, 9.17) is 18.9 Å². The molecule has 0 bridgehead atoms. The van der Waals surface area contributed by atoms with E-state index in [1.807, 2.05) is 6.08 Å². The van der Waals surface area contributed by atoms with E-state index in [0.717, 1.165) is 44.9 Å². The van der Waals surface area contributed by atoms with Gasteiger partial charge in [0.1, 0.15) is 48.8 Å². The molecule has 2 rings (SSSR count). The summed E-state index contributed by atoms with van der Waals surface area (Å²) in [5, 5.41) is 87.0. The minimum Gasteiger partial charge on any atom is -0.394 e. The summed E-state index contributed by atoms with van der Waals surface area (Å²) in [6, 6.07) is -0.911. The number of allylic oxidation sites excluding steroid dienone is 5. The van der Waals surface area contributed by atoms with Crippen molar-refractivity contribution in [1.82, 2.24) is 5.32 Å². The summed E-state index contributed by atoms with van der Waals surface area (Å²) in [5.74, 6) is -0.236. The molecule has 2 saturated heterocycles. The Labute approximate surface area is 487 Å². The van der Waals surface area contributed by atoms with Gasteiger partial charge in [-0.3, -0.25) is 4.79 Å². The van der Waals surface area contributed by atoms with E-state index < -0.39 is 86.8 Å². The number of carbonyl (C=O) groups is 1. The van der Waals surface area contributed by atoms with Gasteiger partial charge in [-0.1, -0.05) is 262 Å². The van der Waals surface area contributed by atoms with Crippen molar-refractivity contribution in [2.45, 2.75) is 357 Å². The Hall–Kier alpha value is -1.79. The first-order chi connectivity index (χ1) is 39.1. The number of hydrogen-bond donors (Lipinski definition) is 9. The normalized spacial score (nSPS) is 24.4. The lowest BCUT2D eigenvalue weighted by atomic mass is 9.97. The lowest BCUT2D eigenvalue weighted by molar-refractivity contribution is -0.359. The van der Waals surface area contributed by atoms with Gasteiger partial charge in [0.05, 0.1) is 32.0 Å². The van der Waals surface area contributed by atoms with Gasteiger partial charge in [-0.05, 0) is 51.4 Å². The van der Waals surface area contributed by atoms with Crippen LogP contribution >= 0.6 is 0 Å². The van der Waals surface area contributed by atoms with Crippen LogP contribution in [0.2, 0.25) is 0 Å². The lowest BCUT2D eigenvalue weighted by Gasteiger charge is -2.46. The molecule has 80 heavy (non-hydrogen) atoms. The number of hydrogen-bond acceptors (Lipinski definition) is 13. The molecule has 0 aromatic heterocycles. The van der Waals surface area contributed by atoms with E-state index in [0.29, 0.717) is 6.42 Å². The zero-order valence-corrected chi connectivity index (χ0v) is 50.8. The first kappa shape index (κ1) is 74.3. The molecule has 14 heteroatoms. The Morgan fingerprint density at radius 1 is 0.450 bits per heavy atom. The van der Waals surface area contributed by atoms with Gasteiger partial charge in [0, 0.05) is 6.42 Å². The highest BCUT2D eigenvalue weighted by molar-refractivity contribution is 5.76. The second-order valence-electron chi connectivity index (χ2n) is 23.6. The van der Waals surface area contributed by atoms with Gasteiger partial charge in [0.2, 0.25) is 5.91 Å². The maximum atomic E-state index is 13.3. The van der Waals surface area contributed by atoms with Gasteiger partial charge in [0.25, 0.3) is 0 Å². The van der Waals surface area contributed by atoms with Crippen molar-refractivity contribution in [1.29, 1.82) is 0 Å². The van der Waals surface area contributed by atoms with Crippen molar-refractivity contribution < 1.29 is 64.6 Å². The first-order valence-corrected chi connectivity index (χ1v) is 33.2. The molecule has 12 atom stereocenters. The summed E-state index contributed by atoms with van der Waals surface area (Å²) in [7, 11) is 0. The maximum Gasteiger partial charge on any atom is 0.220 e. The molecule has 2 aliphatic rings. The second-order valence-corrected chi connectivity index (χ2v) is 23.6. The molecule has 12 unspecified atom stereocenters. The fraction of sp³-hybridized carbons (Fsp3) is 0.894. The molecular weight excluding hydrogens is 1010 g/mol. The highest BCUT2D eigenvalue weighted by Gasteiger charge is 2.51. The molecule has 2 aliphatic heterocycles. The average Bonchev–Trinajstić information content (AvgIpc) is 3.46. The van der Waals surface area contributed by atoms with Gasteiger partial charge in [-0.15, -0.1) is 0 Å². The van der Waals surface area contributed by atoms with Gasteiger partial charge in [-0.25, -0.2) is 0 Å². The molecule has 1 amide bonds. The molecule has 0 radical (unpaired) electrons. The van der Waals surface area contributed by atoms with Crippen molar-refractivity contribution in [3.63, 3.8) is 0 Å². The third-order valence-electron chi connectivity index (χ3n) is 16.3. The molecule has 9 N–H and O–H groups in total. The number of amides is 1. The number of unbranched alkanes of at least 4 members (excludes halogenated alkanes) is 37. The van der Waals surface area contributed by atoms with Gasteiger partial charge in [0.15, 0.2) is 12.6 Å². The smallest absolute Gasteiger partial charge is 0.220 e. The number of nitrogens with one attached hydrogen (secondary N) is 1.